The molecule has 9 nitrogen and oxygen atoms in total. The Hall–Kier alpha value is -1.68. The quantitative estimate of drug-likeness (QED) is 0.732. The maximum absolute atomic E-state index is 12.3. The normalized spacial score (nSPS) is 17.7. The Balaban J connectivity index is 0.00000150. The molecule has 162 valence electrons. The third-order valence-electron chi connectivity index (χ3n) is 5.47. The Morgan fingerprint density at radius 1 is 1.07 bits per heavy atom. The van der Waals surface area contributed by atoms with Crippen molar-refractivity contribution in [1.29, 1.82) is 0 Å². The molecule has 11 heteroatoms. The van der Waals surface area contributed by atoms with E-state index in [4.69, 9.17) is 0 Å². The molecule has 0 atom stereocenters. The first-order valence-electron chi connectivity index (χ1n) is 9.74. The van der Waals surface area contributed by atoms with Gasteiger partial charge in [0.25, 0.3) is 0 Å². The van der Waals surface area contributed by atoms with E-state index in [1.807, 2.05) is 25.1 Å². The Kier molecular flexibility index (Phi) is 8.45. The van der Waals surface area contributed by atoms with Gasteiger partial charge in [0.15, 0.2) is 5.65 Å². The van der Waals surface area contributed by atoms with Crippen molar-refractivity contribution in [3.8, 4) is 0 Å². The highest BCUT2D eigenvalue weighted by molar-refractivity contribution is 5.87. The van der Waals surface area contributed by atoms with E-state index in [-0.39, 0.29) is 30.7 Å². The number of fused-ring (bicyclic) bond motifs is 1. The summed E-state index contributed by atoms with van der Waals surface area (Å²) in [5, 5.41) is 8.62. The number of aromatic nitrogens is 4. The van der Waals surface area contributed by atoms with Gasteiger partial charge in [-0.3, -0.25) is 14.4 Å². The molecule has 0 aromatic carbocycles. The topological polar surface area (TPSA) is 82.4 Å². The highest BCUT2D eigenvalue weighted by atomic mass is 35.5. The summed E-state index contributed by atoms with van der Waals surface area (Å²) in [5.74, 6) is 2.02. The van der Waals surface area contributed by atoms with Crippen LogP contribution in [-0.2, 0) is 11.8 Å². The van der Waals surface area contributed by atoms with E-state index in [9.17, 15) is 4.79 Å². The number of carbonyl (C=O) groups is 1. The van der Waals surface area contributed by atoms with Gasteiger partial charge in [-0.25, -0.2) is 9.97 Å². The summed E-state index contributed by atoms with van der Waals surface area (Å²) < 4.78 is 1.80. The third-order valence-corrected chi connectivity index (χ3v) is 5.47. The lowest BCUT2D eigenvalue weighted by Gasteiger charge is -2.36. The number of piperazine rings is 2. The highest BCUT2D eigenvalue weighted by Crippen LogP contribution is 2.24. The maximum atomic E-state index is 12.3. The van der Waals surface area contributed by atoms with Crippen LogP contribution in [0.25, 0.3) is 11.0 Å². The van der Waals surface area contributed by atoms with E-state index in [2.05, 4.69) is 30.2 Å². The van der Waals surface area contributed by atoms with Crippen molar-refractivity contribution in [2.45, 2.75) is 13.3 Å². The molecule has 2 aliphatic heterocycles. The van der Waals surface area contributed by atoms with Gasteiger partial charge in [-0.1, -0.05) is 0 Å². The van der Waals surface area contributed by atoms with Crippen molar-refractivity contribution < 1.29 is 4.79 Å². The van der Waals surface area contributed by atoms with Crippen molar-refractivity contribution in [3.63, 3.8) is 0 Å². The number of nitrogens with zero attached hydrogens (tertiary/aromatic N) is 7. The number of carbonyl (C=O) groups excluding carboxylic acids is 1. The van der Waals surface area contributed by atoms with Crippen LogP contribution in [0.4, 0.5) is 5.82 Å². The molecule has 4 rings (SSSR count). The van der Waals surface area contributed by atoms with Gasteiger partial charge in [0.1, 0.15) is 11.6 Å². The van der Waals surface area contributed by atoms with Crippen LogP contribution in [0.3, 0.4) is 0 Å². The zero-order chi connectivity index (χ0) is 18.8. The first-order valence-corrected chi connectivity index (χ1v) is 9.74. The largest absolute Gasteiger partial charge is 0.353 e. The van der Waals surface area contributed by atoms with Gasteiger partial charge in [0.05, 0.1) is 11.6 Å². The fraction of sp³-hybridized carbons (Fsp3) is 0.667. The minimum atomic E-state index is 0. The zero-order valence-corrected chi connectivity index (χ0v) is 18.6. The molecule has 2 aliphatic rings. The minimum Gasteiger partial charge on any atom is -0.353 e. The van der Waals surface area contributed by atoms with Crippen molar-refractivity contribution in [2.24, 2.45) is 7.05 Å². The Morgan fingerprint density at radius 2 is 1.76 bits per heavy atom. The number of hydrogen-bond donors (Lipinski definition) is 1. The lowest BCUT2D eigenvalue weighted by Crippen LogP contribution is -2.49. The second kappa shape index (κ2) is 10.4. The summed E-state index contributed by atoms with van der Waals surface area (Å²) in [5.41, 5.74) is 0.876. The molecular weight excluding hydrogens is 415 g/mol. The maximum Gasteiger partial charge on any atom is 0.223 e. The van der Waals surface area contributed by atoms with Crippen molar-refractivity contribution in [1.82, 2.24) is 34.9 Å². The molecule has 2 aromatic rings. The lowest BCUT2D eigenvalue weighted by molar-refractivity contribution is -0.132. The molecule has 0 unspecified atom stereocenters. The van der Waals surface area contributed by atoms with Gasteiger partial charge in [0, 0.05) is 72.4 Å². The van der Waals surface area contributed by atoms with Crippen molar-refractivity contribution in [3.05, 3.63) is 12.0 Å². The second-order valence-electron chi connectivity index (χ2n) is 7.31. The van der Waals surface area contributed by atoms with Gasteiger partial charge in [-0.15, -0.1) is 24.8 Å². The van der Waals surface area contributed by atoms with Gasteiger partial charge in [0.2, 0.25) is 5.91 Å². The highest BCUT2D eigenvalue weighted by Gasteiger charge is 2.23. The molecule has 0 radical (unpaired) electrons. The summed E-state index contributed by atoms with van der Waals surface area (Å²) in [4.78, 5) is 28.2. The van der Waals surface area contributed by atoms with Gasteiger partial charge in [-0.2, -0.15) is 5.10 Å². The van der Waals surface area contributed by atoms with Crippen molar-refractivity contribution >= 4 is 47.6 Å². The average molecular weight is 445 g/mol. The van der Waals surface area contributed by atoms with Crippen LogP contribution in [0.2, 0.25) is 0 Å². The molecule has 4 heterocycles. The van der Waals surface area contributed by atoms with E-state index in [1.54, 1.807) is 4.68 Å². The summed E-state index contributed by atoms with van der Waals surface area (Å²) in [6.07, 6.45) is 2.46. The van der Waals surface area contributed by atoms with Crippen LogP contribution in [0.1, 0.15) is 12.2 Å². The zero-order valence-electron chi connectivity index (χ0n) is 17.0. The van der Waals surface area contributed by atoms with Gasteiger partial charge >= 0.3 is 0 Å². The van der Waals surface area contributed by atoms with Crippen LogP contribution < -0.4 is 10.2 Å². The number of anilines is 1. The van der Waals surface area contributed by atoms with Crippen LogP contribution in [0, 0.1) is 6.92 Å². The summed E-state index contributed by atoms with van der Waals surface area (Å²) >= 11 is 0. The van der Waals surface area contributed by atoms with E-state index < -0.39 is 0 Å². The van der Waals surface area contributed by atoms with Crippen LogP contribution in [0.5, 0.6) is 0 Å². The predicted octanol–water partition coefficient (Wildman–Crippen LogP) is 0.459. The Bertz CT molecular complexity index is 816. The number of halogens is 2. The van der Waals surface area contributed by atoms with Gasteiger partial charge < -0.3 is 15.1 Å². The molecule has 0 bridgehead atoms. The second-order valence-corrected chi connectivity index (χ2v) is 7.31. The van der Waals surface area contributed by atoms with E-state index in [0.717, 1.165) is 81.6 Å². The average Bonchev–Trinajstić information content (AvgIpc) is 3.07. The minimum absolute atomic E-state index is 0. The lowest BCUT2D eigenvalue weighted by atomic mass is 10.2. The van der Waals surface area contributed by atoms with Crippen molar-refractivity contribution in [2.75, 3.05) is 63.8 Å². The fourth-order valence-electron chi connectivity index (χ4n) is 3.86. The van der Waals surface area contributed by atoms with Crippen LogP contribution in [0.15, 0.2) is 6.20 Å². The van der Waals surface area contributed by atoms with E-state index >= 15 is 0 Å². The Morgan fingerprint density at radius 3 is 2.45 bits per heavy atom. The number of rotatable bonds is 4. The smallest absolute Gasteiger partial charge is 0.223 e. The summed E-state index contributed by atoms with van der Waals surface area (Å²) in [6.45, 7) is 9.94. The molecule has 2 saturated heterocycles. The summed E-state index contributed by atoms with van der Waals surface area (Å²) in [6, 6.07) is 0. The molecule has 1 amide bonds. The van der Waals surface area contributed by atoms with E-state index in [1.165, 1.54) is 0 Å². The molecule has 0 aliphatic carbocycles. The number of nitrogens with one attached hydrogen (secondary N) is 1. The van der Waals surface area contributed by atoms with Crippen LogP contribution >= 0.6 is 24.8 Å². The van der Waals surface area contributed by atoms with Gasteiger partial charge in [-0.05, 0) is 6.92 Å². The standard InChI is InChI=1S/C18H28N8O.2ClH/c1-14-21-17-15(13-20-23(17)2)18(22-14)26-11-9-24(10-12-26)6-3-16(27)25-7-4-19-5-8-25;;/h13,19H,3-12H2,1-2H3;2*1H. The Labute approximate surface area is 183 Å². The third kappa shape index (κ3) is 5.28. The monoisotopic (exact) mass is 444 g/mol. The molecule has 29 heavy (non-hydrogen) atoms. The molecule has 2 fully saturated rings. The molecule has 0 spiro atoms. The summed E-state index contributed by atoms with van der Waals surface area (Å²) in [7, 11) is 1.91. The number of hydrogen-bond acceptors (Lipinski definition) is 7. The molecule has 1 N–H and O–H groups in total. The number of aryl methyl sites for hydroxylation is 2. The predicted molar refractivity (Wildman–Crippen MR) is 118 cm³/mol. The first kappa shape index (κ1) is 23.6. The van der Waals surface area contributed by atoms with Crippen LogP contribution in [-0.4, -0.2) is 94.4 Å². The molecular formula is C18H30Cl2N8O. The first-order chi connectivity index (χ1) is 13.1. The SMILES string of the molecule is Cc1nc(N2CCN(CCC(=O)N3CCNCC3)CC2)c2cnn(C)c2n1.Cl.Cl. The molecule has 0 saturated carbocycles. The molecule has 2 aromatic heterocycles. The number of amides is 1. The van der Waals surface area contributed by atoms with E-state index in [0.29, 0.717) is 6.42 Å². The fourth-order valence-corrected chi connectivity index (χ4v) is 3.86.